The van der Waals surface area contributed by atoms with E-state index in [0.29, 0.717) is 35.2 Å². The van der Waals surface area contributed by atoms with Crippen LogP contribution in [0.4, 0.5) is 0 Å². The summed E-state index contributed by atoms with van der Waals surface area (Å²) in [5, 5.41) is 21.6. The van der Waals surface area contributed by atoms with Gasteiger partial charge < -0.3 is 10.2 Å². The topological polar surface area (TPSA) is 40.5 Å². The van der Waals surface area contributed by atoms with Crippen LogP contribution in [0.3, 0.4) is 0 Å². The summed E-state index contributed by atoms with van der Waals surface area (Å²) < 4.78 is 0. The zero-order valence-corrected chi connectivity index (χ0v) is 24.4. The first-order valence-electron chi connectivity index (χ1n) is 13.8. The summed E-state index contributed by atoms with van der Waals surface area (Å²) in [6.07, 6.45) is 8.09. The van der Waals surface area contributed by atoms with Gasteiger partial charge in [-0.2, -0.15) is 0 Å². The molecule has 0 amide bonds. The molecule has 0 atom stereocenters. The van der Waals surface area contributed by atoms with Gasteiger partial charge in [-0.25, -0.2) is 0 Å². The zero-order chi connectivity index (χ0) is 26.1. The highest BCUT2D eigenvalue weighted by Gasteiger charge is 2.16. The molecule has 3 heteroatoms. The molecule has 2 nitrogen and oxygen atoms in total. The van der Waals surface area contributed by atoms with Crippen LogP contribution in [0.15, 0.2) is 34.1 Å². The van der Waals surface area contributed by atoms with E-state index in [1.54, 1.807) is 0 Å². The second kappa shape index (κ2) is 14.2. The fourth-order valence-corrected chi connectivity index (χ4v) is 5.41. The Bertz CT molecular complexity index is 852. The summed E-state index contributed by atoms with van der Waals surface area (Å²) in [6, 6.07) is 8.53. The fraction of sp³-hybridized carbons (Fsp3) is 0.625. The van der Waals surface area contributed by atoms with Gasteiger partial charge in [0.05, 0.1) is 0 Å². The summed E-state index contributed by atoms with van der Waals surface area (Å²) in [6.45, 7) is 18.0. The maximum atomic E-state index is 10.8. The molecule has 0 fully saturated rings. The lowest BCUT2D eigenvalue weighted by Crippen LogP contribution is -2.00. The Hall–Kier alpha value is -1.61. The number of aryl methyl sites for hydroxylation is 4. The van der Waals surface area contributed by atoms with Crippen LogP contribution in [0.25, 0.3) is 0 Å². The summed E-state index contributed by atoms with van der Waals surface area (Å²) in [7, 11) is 0. The molecule has 0 heterocycles. The van der Waals surface area contributed by atoms with Crippen molar-refractivity contribution in [2.75, 3.05) is 0 Å². The van der Waals surface area contributed by atoms with Crippen molar-refractivity contribution >= 4 is 11.8 Å². The van der Waals surface area contributed by atoms with E-state index in [1.807, 2.05) is 23.9 Å². The Morgan fingerprint density at radius 2 is 0.771 bits per heavy atom. The van der Waals surface area contributed by atoms with Gasteiger partial charge in [-0.3, -0.25) is 0 Å². The van der Waals surface area contributed by atoms with Crippen LogP contribution in [0.5, 0.6) is 11.5 Å². The zero-order valence-electron chi connectivity index (χ0n) is 23.6. The van der Waals surface area contributed by atoms with E-state index >= 15 is 0 Å². The number of aromatic hydroxyl groups is 2. The van der Waals surface area contributed by atoms with Crippen LogP contribution in [-0.4, -0.2) is 10.2 Å². The van der Waals surface area contributed by atoms with Crippen molar-refractivity contribution in [2.24, 2.45) is 23.7 Å². The molecule has 0 radical (unpaired) electrons. The lowest BCUT2D eigenvalue weighted by molar-refractivity contribution is 0.460. The number of hydrogen-bond acceptors (Lipinski definition) is 3. The molecule has 2 aromatic rings. The molecule has 196 valence electrons. The highest BCUT2D eigenvalue weighted by molar-refractivity contribution is 7.99. The Kier molecular flexibility index (Phi) is 12.0. The number of phenols is 2. The lowest BCUT2D eigenvalue weighted by Gasteiger charge is -2.18. The molecule has 0 unspecified atom stereocenters. The Balaban J connectivity index is 2.50. The largest absolute Gasteiger partial charge is 0.508 e. The highest BCUT2D eigenvalue weighted by atomic mass is 32.2. The van der Waals surface area contributed by atoms with Crippen molar-refractivity contribution in [3.05, 3.63) is 46.5 Å². The van der Waals surface area contributed by atoms with E-state index < -0.39 is 0 Å². The highest BCUT2D eigenvalue weighted by Crippen LogP contribution is 2.40. The normalized spacial score (nSPS) is 12.0. The Morgan fingerprint density at radius 1 is 0.486 bits per heavy atom. The van der Waals surface area contributed by atoms with Gasteiger partial charge in [-0.05, 0) is 122 Å². The van der Waals surface area contributed by atoms with Crippen molar-refractivity contribution in [2.45, 2.75) is 117 Å². The molecule has 0 spiro atoms. The third kappa shape index (κ3) is 10.1. The predicted molar refractivity (Wildman–Crippen MR) is 153 cm³/mol. The summed E-state index contributed by atoms with van der Waals surface area (Å²) in [5.41, 5.74) is 4.58. The molecule has 0 saturated carbocycles. The molecule has 35 heavy (non-hydrogen) atoms. The first-order valence-corrected chi connectivity index (χ1v) is 14.6. The molecule has 0 aromatic heterocycles. The number of rotatable bonds is 14. The molecule has 2 aromatic carbocycles. The SMILES string of the molecule is CC(C)CCc1cc(Sc2cc(CCC(C)C)c(O)cc2CCC(C)C)c(CCC(C)C)cc1O. The van der Waals surface area contributed by atoms with Crippen molar-refractivity contribution in [3.63, 3.8) is 0 Å². The van der Waals surface area contributed by atoms with Crippen LogP contribution in [0.2, 0.25) is 0 Å². The Morgan fingerprint density at radius 3 is 1.06 bits per heavy atom. The van der Waals surface area contributed by atoms with E-state index in [4.69, 9.17) is 0 Å². The molecular weight excluding hydrogens is 448 g/mol. The van der Waals surface area contributed by atoms with Gasteiger partial charge >= 0.3 is 0 Å². The monoisotopic (exact) mass is 498 g/mol. The summed E-state index contributed by atoms with van der Waals surface area (Å²) in [5.74, 6) is 3.33. The van der Waals surface area contributed by atoms with Gasteiger partial charge in [0, 0.05) is 9.79 Å². The van der Waals surface area contributed by atoms with E-state index in [2.05, 4.69) is 67.5 Å². The number of hydrogen-bond donors (Lipinski definition) is 2. The van der Waals surface area contributed by atoms with E-state index in [0.717, 1.165) is 62.5 Å². The summed E-state index contributed by atoms with van der Waals surface area (Å²) in [4.78, 5) is 2.52. The summed E-state index contributed by atoms with van der Waals surface area (Å²) >= 11 is 1.84. The minimum atomic E-state index is 0.442. The van der Waals surface area contributed by atoms with E-state index in [9.17, 15) is 10.2 Å². The second-order valence-corrected chi connectivity index (χ2v) is 13.1. The van der Waals surface area contributed by atoms with Crippen molar-refractivity contribution in [3.8, 4) is 11.5 Å². The van der Waals surface area contributed by atoms with E-state index in [-0.39, 0.29) is 0 Å². The number of benzene rings is 2. The van der Waals surface area contributed by atoms with Crippen LogP contribution in [0.1, 0.15) is 103 Å². The smallest absolute Gasteiger partial charge is 0.119 e. The van der Waals surface area contributed by atoms with Crippen molar-refractivity contribution in [1.82, 2.24) is 0 Å². The maximum Gasteiger partial charge on any atom is 0.119 e. The minimum Gasteiger partial charge on any atom is -0.508 e. The first-order chi connectivity index (χ1) is 16.5. The van der Waals surface area contributed by atoms with Crippen molar-refractivity contribution < 1.29 is 10.2 Å². The molecule has 0 bridgehead atoms. The quantitative estimate of drug-likeness (QED) is 0.272. The average Bonchev–Trinajstić information content (AvgIpc) is 2.76. The second-order valence-electron chi connectivity index (χ2n) is 12.0. The van der Waals surface area contributed by atoms with Crippen LogP contribution in [-0.2, 0) is 25.7 Å². The van der Waals surface area contributed by atoms with Gasteiger partial charge in [0.25, 0.3) is 0 Å². The molecule has 2 rings (SSSR count). The van der Waals surface area contributed by atoms with Crippen molar-refractivity contribution in [1.29, 1.82) is 0 Å². The lowest BCUT2D eigenvalue weighted by atomic mass is 9.97. The van der Waals surface area contributed by atoms with Crippen LogP contribution >= 0.6 is 11.8 Å². The van der Waals surface area contributed by atoms with Crippen LogP contribution < -0.4 is 0 Å². The van der Waals surface area contributed by atoms with Gasteiger partial charge in [0.2, 0.25) is 0 Å². The fourth-order valence-electron chi connectivity index (χ4n) is 4.18. The molecule has 0 aliphatic heterocycles. The third-order valence-corrected chi connectivity index (χ3v) is 7.91. The standard InChI is InChI=1S/C32H50O2S/c1-21(2)9-13-25-19-31(27(17-29(25)33)15-11-23(5)6)35-32-20-26(14-10-22(3)4)30(34)18-28(32)16-12-24(7)8/h17-24,33-34H,9-16H2,1-8H3. The molecule has 0 aliphatic rings. The first kappa shape index (κ1) is 29.6. The molecule has 2 N–H and O–H groups in total. The van der Waals surface area contributed by atoms with Gasteiger partial charge in [0.15, 0.2) is 0 Å². The third-order valence-electron chi connectivity index (χ3n) is 6.71. The molecular formula is C32H50O2S. The van der Waals surface area contributed by atoms with Crippen LogP contribution in [0, 0.1) is 23.7 Å². The molecule has 0 saturated heterocycles. The molecule has 0 aliphatic carbocycles. The average molecular weight is 499 g/mol. The van der Waals surface area contributed by atoms with Gasteiger partial charge in [-0.15, -0.1) is 0 Å². The maximum absolute atomic E-state index is 10.8. The van der Waals surface area contributed by atoms with Gasteiger partial charge in [-0.1, -0.05) is 67.2 Å². The van der Waals surface area contributed by atoms with Gasteiger partial charge in [0.1, 0.15) is 11.5 Å². The number of phenolic OH excluding ortho intramolecular Hbond substituents is 2. The predicted octanol–water partition coefficient (Wildman–Crippen LogP) is 9.60. The Labute approximate surface area is 219 Å². The van der Waals surface area contributed by atoms with E-state index in [1.165, 1.54) is 20.9 Å². The minimum absolute atomic E-state index is 0.442.